The van der Waals surface area contributed by atoms with Crippen molar-refractivity contribution in [2.75, 3.05) is 19.6 Å². The first-order chi connectivity index (χ1) is 12.4. The summed E-state index contributed by atoms with van der Waals surface area (Å²) in [5.41, 5.74) is 1.34. The first kappa shape index (κ1) is 19.0. The van der Waals surface area contributed by atoms with Crippen LogP contribution in [-0.2, 0) is 10.0 Å². The van der Waals surface area contributed by atoms with Crippen LogP contribution in [0.25, 0.3) is 0 Å². The van der Waals surface area contributed by atoms with Gasteiger partial charge in [-0.1, -0.05) is 6.07 Å². The second-order valence-electron chi connectivity index (χ2n) is 6.37. The van der Waals surface area contributed by atoms with E-state index in [1.807, 2.05) is 16.8 Å². The van der Waals surface area contributed by atoms with Crippen molar-refractivity contribution in [2.45, 2.75) is 30.7 Å². The Bertz CT molecular complexity index is 875. The van der Waals surface area contributed by atoms with E-state index in [1.165, 1.54) is 12.1 Å². The van der Waals surface area contributed by atoms with Crippen LogP contribution < -0.4 is 4.72 Å². The third kappa shape index (κ3) is 4.12. The number of benzene rings is 1. The highest BCUT2D eigenvalue weighted by atomic mass is 32.2. The van der Waals surface area contributed by atoms with Gasteiger partial charge in [0, 0.05) is 24.7 Å². The number of nitrogens with one attached hydrogen (secondary N) is 1. The van der Waals surface area contributed by atoms with E-state index in [9.17, 15) is 18.5 Å². The average molecular weight is 396 g/mol. The van der Waals surface area contributed by atoms with Crippen molar-refractivity contribution in [1.82, 2.24) is 9.62 Å². The van der Waals surface area contributed by atoms with Gasteiger partial charge >= 0.3 is 0 Å². The molecule has 1 unspecified atom stereocenters. The molecule has 2 aromatic rings. The van der Waals surface area contributed by atoms with E-state index >= 15 is 0 Å². The fourth-order valence-corrected chi connectivity index (χ4v) is 5.24. The third-order valence-corrected chi connectivity index (χ3v) is 6.92. The van der Waals surface area contributed by atoms with E-state index in [0.717, 1.165) is 37.6 Å². The van der Waals surface area contributed by atoms with Gasteiger partial charge in [0.05, 0.1) is 9.82 Å². The van der Waals surface area contributed by atoms with Gasteiger partial charge < -0.3 is 0 Å². The highest BCUT2D eigenvalue weighted by Gasteiger charge is 2.27. The maximum absolute atomic E-state index is 12.8. The van der Waals surface area contributed by atoms with Crippen LogP contribution in [-0.4, -0.2) is 37.9 Å². The number of likely N-dealkylation sites (tertiary alicyclic amines) is 1. The summed E-state index contributed by atoms with van der Waals surface area (Å²) in [6.07, 6.45) is 2.22. The molecule has 0 bridgehead atoms. The Morgan fingerprint density at radius 3 is 2.65 bits per heavy atom. The molecule has 0 radical (unpaired) electrons. The Morgan fingerprint density at radius 2 is 2.04 bits per heavy atom. The molecule has 0 aliphatic carbocycles. The molecule has 0 saturated carbocycles. The smallest absolute Gasteiger partial charge is 0.270 e. The highest BCUT2D eigenvalue weighted by molar-refractivity contribution is 7.89. The average Bonchev–Trinajstić information content (AvgIpc) is 3.29. The molecule has 1 aliphatic rings. The molecule has 1 aromatic carbocycles. The normalized spacial score (nSPS) is 16.7. The van der Waals surface area contributed by atoms with Crippen molar-refractivity contribution >= 4 is 27.0 Å². The Labute approximate surface area is 156 Å². The van der Waals surface area contributed by atoms with Gasteiger partial charge in [0.25, 0.3) is 5.69 Å². The van der Waals surface area contributed by atoms with E-state index < -0.39 is 14.9 Å². The summed E-state index contributed by atoms with van der Waals surface area (Å²) in [7, 11) is -3.84. The number of hydrogen-bond donors (Lipinski definition) is 1. The van der Waals surface area contributed by atoms with Crippen LogP contribution in [0.1, 0.15) is 30.0 Å². The summed E-state index contributed by atoms with van der Waals surface area (Å²) in [5.74, 6) is 0. The van der Waals surface area contributed by atoms with E-state index in [1.54, 1.807) is 18.3 Å². The lowest BCUT2D eigenvalue weighted by molar-refractivity contribution is -0.385. The first-order valence-corrected chi connectivity index (χ1v) is 10.8. The molecule has 1 aromatic heterocycles. The summed E-state index contributed by atoms with van der Waals surface area (Å²) in [4.78, 5) is 12.6. The molecular formula is C17H21N3O4S2. The van der Waals surface area contributed by atoms with Gasteiger partial charge in [-0.3, -0.25) is 15.0 Å². The quantitative estimate of drug-likeness (QED) is 0.574. The van der Waals surface area contributed by atoms with E-state index in [4.69, 9.17) is 0 Å². The molecule has 1 saturated heterocycles. The number of nitrogens with zero attached hydrogens (tertiary/aromatic N) is 2. The second-order valence-corrected chi connectivity index (χ2v) is 8.89. The molecule has 140 valence electrons. The predicted molar refractivity (Wildman–Crippen MR) is 101 cm³/mol. The Morgan fingerprint density at radius 1 is 1.31 bits per heavy atom. The monoisotopic (exact) mass is 395 g/mol. The summed E-state index contributed by atoms with van der Waals surface area (Å²) in [5, 5.41) is 15.0. The van der Waals surface area contributed by atoms with Gasteiger partial charge in [-0.2, -0.15) is 11.3 Å². The molecule has 0 spiro atoms. The van der Waals surface area contributed by atoms with Crippen LogP contribution in [0, 0.1) is 17.0 Å². The Kier molecular flexibility index (Phi) is 5.71. The lowest BCUT2D eigenvalue weighted by Gasteiger charge is -2.27. The fraction of sp³-hybridized carbons (Fsp3) is 0.412. The van der Waals surface area contributed by atoms with E-state index in [0.29, 0.717) is 5.56 Å². The summed E-state index contributed by atoms with van der Waals surface area (Å²) in [6.45, 7) is 3.76. The lowest BCUT2D eigenvalue weighted by Crippen LogP contribution is -2.36. The van der Waals surface area contributed by atoms with Crippen molar-refractivity contribution in [3.63, 3.8) is 0 Å². The molecule has 0 amide bonds. The first-order valence-electron chi connectivity index (χ1n) is 8.39. The maximum Gasteiger partial charge on any atom is 0.270 e. The number of thiophene rings is 1. The zero-order valence-electron chi connectivity index (χ0n) is 14.4. The van der Waals surface area contributed by atoms with Crippen LogP contribution in [0.2, 0.25) is 0 Å². The minimum atomic E-state index is -3.84. The highest BCUT2D eigenvalue weighted by Crippen LogP contribution is 2.27. The third-order valence-electron chi connectivity index (χ3n) is 4.65. The molecule has 26 heavy (non-hydrogen) atoms. The van der Waals surface area contributed by atoms with Crippen molar-refractivity contribution in [1.29, 1.82) is 0 Å². The van der Waals surface area contributed by atoms with Gasteiger partial charge in [0.1, 0.15) is 0 Å². The Hall–Kier alpha value is -1.81. The molecule has 1 N–H and O–H groups in total. The minimum Gasteiger partial charge on any atom is -0.295 e. The molecule has 1 aliphatic heterocycles. The van der Waals surface area contributed by atoms with Crippen LogP contribution >= 0.6 is 11.3 Å². The van der Waals surface area contributed by atoms with Crippen LogP contribution in [0.15, 0.2) is 39.9 Å². The Balaban J connectivity index is 1.82. The number of sulfonamides is 1. The number of non-ortho nitro benzene ring substituents is 1. The number of nitro benzene ring substituents is 1. The largest absolute Gasteiger partial charge is 0.295 e. The topological polar surface area (TPSA) is 92.5 Å². The van der Waals surface area contributed by atoms with Crippen molar-refractivity contribution in [3.8, 4) is 0 Å². The van der Waals surface area contributed by atoms with Gasteiger partial charge in [0.2, 0.25) is 10.0 Å². The number of nitro groups is 1. The zero-order valence-corrected chi connectivity index (χ0v) is 16.1. The molecular weight excluding hydrogens is 374 g/mol. The second kappa shape index (κ2) is 7.83. The van der Waals surface area contributed by atoms with Gasteiger partial charge in [-0.15, -0.1) is 0 Å². The zero-order chi connectivity index (χ0) is 18.7. The van der Waals surface area contributed by atoms with Crippen molar-refractivity contribution in [2.24, 2.45) is 0 Å². The maximum atomic E-state index is 12.8. The minimum absolute atomic E-state index is 0.0301. The van der Waals surface area contributed by atoms with Crippen LogP contribution in [0.3, 0.4) is 0 Å². The fourth-order valence-electron chi connectivity index (χ4n) is 3.23. The van der Waals surface area contributed by atoms with E-state index in [2.05, 4.69) is 9.62 Å². The van der Waals surface area contributed by atoms with Gasteiger partial charge in [-0.25, -0.2) is 13.1 Å². The van der Waals surface area contributed by atoms with Crippen molar-refractivity contribution in [3.05, 3.63) is 56.3 Å². The van der Waals surface area contributed by atoms with Crippen LogP contribution in [0.5, 0.6) is 0 Å². The van der Waals surface area contributed by atoms with Gasteiger partial charge in [-0.05, 0) is 60.8 Å². The lowest BCUT2D eigenvalue weighted by atomic mass is 10.1. The molecule has 1 fully saturated rings. The number of rotatable bonds is 7. The SMILES string of the molecule is Cc1ccc([N+](=O)[O-])cc1S(=O)(=O)NCC(c1ccsc1)N1CCCC1. The number of aryl methyl sites for hydroxylation is 1. The molecule has 9 heteroatoms. The van der Waals surface area contributed by atoms with Crippen molar-refractivity contribution < 1.29 is 13.3 Å². The summed E-state index contributed by atoms with van der Waals surface area (Å²) < 4.78 is 28.2. The van der Waals surface area contributed by atoms with E-state index in [-0.39, 0.29) is 23.2 Å². The summed E-state index contributed by atoms with van der Waals surface area (Å²) >= 11 is 1.59. The molecule has 2 heterocycles. The predicted octanol–water partition coefficient (Wildman–Crippen LogP) is 3.08. The molecule has 7 nitrogen and oxygen atoms in total. The molecule has 1 atom stereocenters. The van der Waals surface area contributed by atoms with Crippen LogP contribution in [0.4, 0.5) is 5.69 Å². The summed E-state index contributed by atoms with van der Waals surface area (Å²) in [6, 6.07) is 5.88. The number of hydrogen-bond acceptors (Lipinski definition) is 6. The standard InChI is InChI=1S/C17H21N3O4S2/c1-13-4-5-15(20(21)22)10-17(13)26(23,24)18-11-16(14-6-9-25-12-14)19-7-2-3-8-19/h4-6,9-10,12,16,18H,2-3,7-8,11H2,1H3. The van der Waals surface area contributed by atoms with Gasteiger partial charge in [0.15, 0.2) is 0 Å². The molecule has 3 rings (SSSR count).